The minimum Gasteiger partial charge on any atom is -0.748 e. The Labute approximate surface area is 275 Å². The fourth-order valence-electron chi connectivity index (χ4n) is 4.23. The van der Waals surface area contributed by atoms with E-state index in [9.17, 15) is 35.8 Å². The van der Waals surface area contributed by atoms with Gasteiger partial charge in [0.15, 0.2) is 0 Å². The summed E-state index contributed by atoms with van der Waals surface area (Å²) in [7, 11) is -6.86. The Morgan fingerprint density at radius 1 is 1.12 bits per heavy atom. The van der Waals surface area contributed by atoms with Gasteiger partial charge in [-0.2, -0.15) is 0 Å². The predicted octanol–water partition coefficient (Wildman–Crippen LogP) is -0.446. The van der Waals surface area contributed by atoms with Crippen LogP contribution in [0.25, 0.3) is 0 Å². The molecular weight excluding hydrogens is 631 g/mol. The zero-order valence-corrected chi connectivity index (χ0v) is 27.6. The Hall–Kier alpha value is -2.76. The largest absolute Gasteiger partial charge is 1.00 e. The van der Waals surface area contributed by atoms with Gasteiger partial charge in [-0.05, 0) is 48.9 Å². The number of hydrogen-bond donors (Lipinski definition) is 1. The van der Waals surface area contributed by atoms with E-state index in [0.29, 0.717) is 21.3 Å². The number of thioether (sulfide) groups is 1. The van der Waals surface area contributed by atoms with Gasteiger partial charge in [-0.25, -0.2) is 21.6 Å². The van der Waals surface area contributed by atoms with Crippen LogP contribution in [0.5, 0.6) is 0 Å². The maximum atomic E-state index is 12.8. The van der Waals surface area contributed by atoms with Crippen molar-refractivity contribution in [3.63, 3.8) is 0 Å². The molecule has 2 heterocycles. The number of ketones is 1. The molecule has 2 aliphatic rings. The molecule has 2 aromatic carbocycles. The molecule has 2 aliphatic heterocycles. The molecule has 0 bridgehead atoms. The molecule has 1 N–H and O–H groups in total. The summed E-state index contributed by atoms with van der Waals surface area (Å²) in [6, 6.07) is 11.1. The van der Waals surface area contributed by atoms with Crippen LogP contribution in [0.2, 0.25) is 0 Å². The van der Waals surface area contributed by atoms with E-state index in [1.807, 2.05) is 0 Å². The number of carbonyl (C=O) groups is 3. The van der Waals surface area contributed by atoms with Crippen LogP contribution in [0, 0.1) is 0 Å². The number of likely N-dealkylation sites (N-methyl/N-ethyl adjacent to an activating group) is 1. The van der Waals surface area contributed by atoms with Crippen molar-refractivity contribution in [2.24, 2.45) is 0 Å². The molecule has 1 amide bonds. The van der Waals surface area contributed by atoms with Crippen LogP contribution in [0.1, 0.15) is 16.8 Å². The summed E-state index contributed by atoms with van der Waals surface area (Å²) in [6.07, 6.45) is 5.88. The molecule has 4 rings (SSSR count). The van der Waals surface area contributed by atoms with Crippen LogP contribution in [-0.4, -0.2) is 76.7 Å². The minimum atomic E-state index is -4.43. The quantitative estimate of drug-likeness (QED) is 0.188. The Morgan fingerprint density at radius 2 is 1.81 bits per heavy atom. The number of fused-ring (bicyclic) bond motifs is 2. The van der Waals surface area contributed by atoms with Gasteiger partial charge < -0.3 is 24.2 Å². The Balaban J connectivity index is 0.00000506. The van der Waals surface area contributed by atoms with E-state index in [1.54, 1.807) is 47.4 Å². The number of hydrogen-bond acceptors (Lipinski definition) is 11. The standard InChI is InChI=1S/C27H26N2O10S3.Na/c1-28(24(30)16-39-17-26(31)32)18-11-12-20-21(15-18)40-25(29(20)13-6-14-41(34,35)36)10-5-4-9-23-27(33)19-7-2-3-8-22(19)42(23,37)38;/h2-5,7-12,15H,6,13-14,16-17H2,1H3,(H,31,32)(H,34,35,36);/q;+1/p-1/b5-4+,23-9-,25-10-;. The number of ether oxygens (including phenoxy) is 1. The number of amides is 1. The molecule has 0 unspecified atom stereocenters. The number of sulfone groups is 1. The van der Waals surface area contributed by atoms with Crippen LogP contribution >= 0.6 is 11.8 Å². The van der Waals surface area contributed by atoms with Gasteiger partial charge in [-0.15, -0.1) is 0 Å². The second-order valence-corrected chi connectivity index (χ2v) is 13.6. The van der Waals surface area contributed by atoms with Crippen molar-refractivity contribution in [2.75, 3.05) is 42.4 Å². The number of aliphatic carboxylic acids is 1. The van der Waals surface area contributed by atoms with Gasteiger partial charge in [-0.3, -0.25) is 9.59 Å². The third-order valence-corrected chi connectivity index (χ3v) is 9.97. The van der Waals surface area contributed by atoms with E-state index in [4.69, 9.17) is 9.84 Å². The fourth-order valence-corrected chi connectivity index (χ4v) is 7.40. The van der Waals surface area contributed by atoms with Crippen molar-refractivity contribution >= 4 is 60.8 Å². The second-order valence-electron chi connectivity index (χ2n) is 9.11. The predicted molar refractivity (Wildman–Crippen MR) is 154 cm³/mol. The first-order valence-corrected chi connectivity index (χ1v) is 16.2. The van der Waals surface area contributed by atoms with Gasteiger partial charge in [0, 0.05) is 35.5 Å². The number of Topliss-reactive ketones (excluding diaryl/α,β-unsaturated/α-hetero) is 1. The van der Waals surface area contributed by atoms with Crippen LogP contribution in [0.3, 0.4) is 0 Å². The van der Waals surface area contributed by atoms with E-state index >= 15 is 0 Å². The Morgan fingerprint density at radius 3 is 2.49 bits per heavy atom. The molecule has 0 saturated carbocycles. The first-order valence-electron chi connectivity index (χ1n) is 12.4. The van der Waals surface area contributed by atoms with E-state index < -0.39 is 56.6 Å². The van der Waals surface area contributed by atoms with Crippen molar-refractivity contribution in [1.29, 1.82) is 0 Å². The third kappa shape index (κ3) is 8.25. The Kier molecular flexibility index (Phi) is 11.6. The van der Waals surface area contributed by atoms with Crippen molar-refractivity contribution in [3.05, 3.63) is 82.3 Å². The van der Waals surface area contributed by atoms with Crippen molar-refractivity contribution < 1.29 is 75.2 Å². The number of anilines is 2. The zero-order chi connectivity index (χ0) is 30.7. The first kappa shape index (κ1) is 34.7. The SMILES string of the molecule is CN(C(=O)COCC(=O)O)c1ccc2c(c1)S\C(=C/C=C/C=C1/C(=O)c3ccccc3S1(=O)=O)N2CCCS(=O)(=O)[O-].[Na+]. The van der Waals surface area contributed by atoms with Crippen molar-refractivity contribution in [1.82, 2.24) is 0 Å². The molecule has 0 radical (unpaired) electrons. The smallest absolute Gasteiger partial charge is 0.748 e. The van der Waals surface area contributed by atoms with E-state index in [2.05, 4.69) is 0 Å². The van der Waals surface area contributed by atoms with Gasteiger partial charge in [0.2, 0.25) is 15.6 Å². The first-order chi connectivity index (χ1) is 19.8. The monoisotopic (exact) mass is 656 g/mol. The zero-order valence-electron chi connectivity index (χ0n) is 23.1. The average Bonchev–Trinajstić information content (AvgIpc) is 3.36. The number of allylic oxidation sites excluding steroid dienone is 5. The summed E-state index contributed by atoms with van der Waals surface area (Å²) >= 11 is 1.30. The van der Waals surface area contributed by atoms with E-state index in [0.717, 1.165) is 0 Å². The maximum Gasteiger partial charge on any atom is 1.00 e. The van der Waals surface area contributed by atoms with Gasteiger partial charge >= 0.3 is 35.5 Å². The summed E-state index contributed by atoms with van der Waals surface area (Å²) < 4.78 is 63.9. The fraction of sp³-hybridized carbons (Fsp3) is 0.222. The summed E-state index contributed by atoms with van der Waals surface area (Å²) in [5.41, 5.74) is 1.31. The number of carbonyl (C=O) groups excluding carboxylic acids is 2. The van der Waals surface area contributed by atoms with Crippen molar-refractivity contribution in [2.45, 2.75) is 16.2 Å². The summed E-state index contributed by atoms with van der Waals surface area (Å²) in [5.74, 6) is -2.83. The molecule has 0 atom stereocenters. The number of rotatable bonds is 11. The molecule has 222 valence electrons. The van der Waals surface area contributed by atoms with Gasteiger partial charge in [0.05, 0.1) is 25.7 Å². The second kappa shape index (κ2) is 14.3. The summed E-state index contributed by atoms with van der Waals surface area (Å²) in [4.78, 5) is 39.1. The maximum absolute atomic E-state index is 12.8. The molecule has 0 aliphatic carbocycles. The molecule has 0 aromatic heterocycles. The molecule has 0 fully saturated rings. The van der Waals surface area contributed by atoms with Gasteiger partial charge in [0.1, 0.15) is 18.1 Å². The van der Waals surface area contributed by atoms with E-state index in [-0.39, 0.29) is 57.9 Å². The minimum absolute atomic E-state index is 0. The van der Waals surface area contributed by atoms with Crippen LogP contribution in [-0.2, 0) is 34.3 Å². The molecule has 43 heavy (non-hydrogen) atoms. The third-order valence-electron chi connectivity index (χ3n) is 6.24. The summed E-state index contributed by atoms with van der Waals surface area (Å²) in [5, 5.41) is 9.31. The van der Waals surface area contributed by atoms with Gasteiger partial charge in [0.25, 0.3) is 5.91 Å². The van der Waals surface area contributed by atoms with E-state index in [1.165, 1.54) is 48.0 Å². The van der Waals surface area contributed by atoms with Gasteiger partial charge in [-0.1, -0.05) is 36.0 Å². The molecule has 0 spiro atoms. The van der Waals surface area contributed by atoms with Crippen molar-refractivity contribution in [3.8, 4) is 0 Å². The Bertz CT molecular complexity index is 1750. The number of benzene rings is 2. The van der Waals surface area contributed by atoms with Crippen LogP contribution in [0.4, 0.5) is 11.4 Å². The number of carboxylic acids is 1. The number of carboxylic acid groups (broad SMARTS) is 1. The summed E-state index contributed by atoms with van der Waals surface area (Å²) in [6.45, 7) is -0.863. The topological polar surface area (TPSA) is 178 Å². The molecular formula is C27H25N2NaO10S3. The normalized spacial score (nSPS) is 17.3. The number of nitrogens with zero attached hydrogens (tertiary/aromatic N) is 2. The molecule has 12 nitrogen and oxygen atoms in total. The molecule has 2 aromatic rings. The molecule has 0 saturated heterocycles. The molecule has 16 heteroatoms. The average molecular weight is 657 g/mol. The van der Waals surface area contributed by atoms with Crippen LogP contribution in [0.15, 0.2) is 86.5 Å². The van der Waals surface area contributed by atoms with Crippen LogP contribution < -0.4 is 39.4 Å².